The lowest BCUT2D eigenvalue weighted by Gasteiger charge is -2.10. The van der Waals surface area contributed by atoms with E-state index in [0.717, 1.165) is 16.7 Å². The first-order valence-electron chi connectivity index (χ1n) is 6.35. The molecule has 0 aromatic heterocycles. The predicted molar refractivity (Wildman–Crippen MR) is 86.8 cm³/mol. The van der Waals surface area contributed by atoms with Crippen molar-refractivity contribution in [2.75, 3.05) is 13.2 Å². The minimum Gasteiger partial charge on any atom is -0.504 e. The number of phenols is 1. The van der Waals surface area contributed by atoms with Crippen molar-refractivity contribution in [3.8, 4) is 11.5 Å². The highest BCUT2D eigenvalue weighted by atomic mass is 32.2. The summed E-state index contributed by atoms with van der Waals surface area (Å²) in [4.78, 5) is 24.3. The van der Waals surface area contributed by atoms with E-state index in [1.807, 2.05) is 0 Å². The molecule has 0 aliphatic carbocycles. The third kappa shape index (κ3) is 3.58. The van der Waals surface area contributed by atoms with Crippen LogP contribution in [-0.4, -0.2) is 44.5 Å². The second-order valence-electron chi connectivity index (χ2n) is 4.32. The summed E-state index contributed by atoms with van der Waals surface area (Å²) in [7, 11) is 0. The number of thioether (sulfide) groups is 1. The maximum atomic E-state index is 12.1. The molecule has 2 N–H and O–H groups in total. The van der Waals surface area contributed by atoms with Gasteiger partial charge in [-0.25, -0.2) is 0 Å². The van der Waals surface area contributed by atoms with Gasteiger partial charge in [-0.2, -0.15) is 0 Å². The Hall–Kier alpha value is -2.06. The Kier molecular flexibility index (Phi) is 5.04. The van der Waals surface area contributed by atoms with Gasteiger partial charge in [0, 0.05) is 0 Å². The van der Waals surface area contributed by atoms with Gasteiger partial charge in [0.05, 0.1) is 11.5 Å². The lowest BCUT2D eigenvalue weighted by molar-refractivity contribution is -0.140. The molecule has 0 atom stereocenters. The van der Waals surface area contributed by atoms with E-state index in [1.165, 1.54) is 6.07 Å². The standard InChI is InChI=1S/C14H13NO5S2/c1-2-20-10-5-8(3-4-9(10)16)6-11-13(19)15(7-12(17)18)14(21)22-11/h3-6,16H,2,7H2,1H3,(H,17,18)/b11-6-. The largest absolute Gasteiger partial charge is 0.504 e. The Bertz CT molecular complexity index is 671. The molecule has 0 unspecified atom stereocenters. The zero-order chi connectivity index (χ0) is 16.3. The molecule has 1 aliphatic heterocycles. The maximum absolute atomic E-state index is 12.1. The molecule has 1 aromatic rings. The Morgan fingerprint density at radius 2 is 2.23 bits per heavy atom. The summed E-state index contributed by atoms with van der Waals surface area (Å²) >= 11 is 6.06. The van der Waals surface area contributed by atoms with Gasteiger partial charge in [-0.3, -0.25) is 14.5 Å². The molecule has 1 heterocycles. The zero-order valence-corrected chi connectivity index (χ0v) is 13.2. The van der Waals surface area contributed by atoms with E-state index >= 15 is 0 Å². The van der Waals surface area contributed by atoms with Crippen LogP contribution in [0.5, 0.6) is 11.5 Å². The first kappa shape index (κ1) is 16.3. The molecule has 1 fully saturated rings. The van der Waals surface area contributed by atoms with Crippen molar-refractivity contribution in [2.45, 2.75) is 6.92 Å². The summed E-state index contributed by atoms with van der Waals surface area (Å²) in [6, 6.07) is 4.69. The second kappa shape index (κ2) is 6.80. The molecule has 0 spiro atoms. The van der Waals surface area contributed by atoms with Crippen LogP contribution in [0.1, 0.15) is 12.5 Å². The highest BCUT2D eigenvalue weighted by Gasteiger charge is 2.33. The lowest BCUT2D eigenvalue weighted by atomic mass is 10.2. The van der Waals surface area contributed by atoms with Crippen LogP contribution in [0.3, 0.4) is 0 Å². The molecule has 8 heteroatoms. The fraction of sp³-hybridized carbons (Fsp3) is 0.214. The summed E-state index contributed by atoms with van der Waals surface area (Å²) < 4.78 is 5.49. The van der Waals surface area contributed by atoms with Crippen LogP contribution in [0.2, 0.25) is 0 Å². The smallest absolute Gasteiger partial charge is 0.323 e. The molecular formula is C14H13NO5S2. The topological polar surface area (TPSA) is 87.1 Å². The molecule has 0 saturated carbocycles. The molecule has 1 amide bonds. The van der Waals surface area contributed by atoms with Crippen molar-refractivity contribution in [3.63, 3.8) is 0 Å². The van der Waals surface area contributed by atoms with Crippen LogP contribution in [-0.2, 0) is 9.59 Å². The Morgan fingerprint density at radius 3 is 2.86 bits per heavy atom. The minimum absolute atomic E-state index is 0.0115. The Morgan fingerprint density at radius 1 is 1.50 bits per heavy atom. The number of hydrogen-bond acceptors (Lipinski definition) is 6. The number of hydrogen-bond donors (Lipinski definition) is 2. The first-order chi connectivity index (χ1) is 10.4. The van der Waals surface area contributed by atoms with Gasteiger partial charge in [0.25, 0.3) is 5.91 Å². The Labute approximate surface area is 136 Å². The van der Waals surface area contributed by atoms with Crippen LogP contribution >= 0.6 is 24.0 Å². The van der Waals surface area contributed by atoms with Crippen molar-refractivity contribution >= 4 is 46.3 Å². The van der Waals surface area contributed by atoms with E-state index in [4.69, 9.17) is 22.1 Å². The average molecular weight is 339 g/mol. The number of rotatable bonds is 5. The van der Waals surface area contributed by atoms with Gasteiger partial charge in [-0.05, 0) is 30.7 Å². The van der Waals surface area contributed by atoms with Gasteiger partial charge >= 0.3 is 5.97 Å². The van der Waals surface area contributed by atoms with Crippen molar-refractivity contribution in [2.24, 2.45) is 0 Å². The normalized spacial score (nSPS) is 16.4. The molecule has 6 nitrogen and oxygen atoms in total. The monoisotopic (exact) mass is 339 g/mol. The van der Waals surface area contributed by atoms with E-state index in [1.54, 1.807) is 25.1 Å². The summed E-state index contributed by atoms with van der Waals surface area (Å²) in [6.45, 7) is 1.74. The minimum atomic E-state index is -1.12. The van der Waals surface area contributed by atoms with E-state index in [9.17, 15) is 14.7 Å². The number of carboxylic acid groups (broad SMARTS) is 1. The van der Waals surface area contributed by atoms with Crippen LogP contribution in [0.15, 0.2) is 23.1 Å². The second-order valence-corrected chi connectivity index (χ2v) is 6.00. The number of benzene rings is 1. The molecule has 22 heavy (non-hydrogen) atoms. The fourth-order valence-electron chi connectivity index (χ4n) is 1.81. The number of thiocarbonyl (C=S) groups is 1. The number of carboxylic acids is 1. The fourth-order valence-corrected chi connectivity index (χ4v) is 3.07. The van der Waals surface area contributed by atoms with Gasteiger partial charge in [-0.1, -0.05) is 30.0 Å². The highest BCUT2D eigenvalue weighted by molar-refractivity contribution is 8.26. The summed E-state index contributed by atoms with van der Waals surface area (Å²) in [6.07, 6.45) is 1.59. The van der Waals surface area contributed by atoms with E-state index < -0.39 is 18.4 Å². The van der Waals surface area contributed by atoms with Gasteiger partial charge < -0.3 is 14.9 Å². The number of phenolic OH excluding ortho intramolecular Hbond substituents is 1. The van der Waals surface area contributed by atoms with Gasteiger partial charge in [0.15, 0.2) is 11.5 Å². The van der Waals surface area contributed by atoms with Crippen molar-refractivity contribution in [3.05, 3.63) is 28.7 Å². The average Bonchev–Trinajstić information content (AvgIpc) is 2.70. The number of aliphatic carboxylic acids is 1. The quantitative estimate of drug-likeness (QED) is 0.627. The molecular weight excluding hydrogens is 326 g/mol. The van der Waals surface area contributed by atoms with Crippen molar-refractivity contribution in [1.29, 1.82) is 0 Å². The van der Waals surface area contributed by atoms with E-state index in [-0.39, 0.29) is 10.1 Å². The third-order valence-electron chi connectivity index (χ3n) is 2.75. The molecule has 1 aliphatic rings. The van der Waals surface area contributed by atoms with Crippen LogP contribution in [0.4, 0.5) is 0 Å². The zero-order valence-electron chi connectivity index (χ0n) is 11.6. The number of carbonyl (C=O) groups is 2. The van der Waals surface area contributed by atoms with E-state index in [0.29, 0.717) is 22.8 Å². The molecule has 1 aromatic carbocycles. The number of aromatic hydroxyl groups is 1. The molecule has 116 valence electrons. The number of carbonyl (C=O) groups excluding carboxylic acids is 1. The van der Waals surface area contributed by atoms with Crippen molar-refractivity contribution in [1.82, 2.24) is 4.90 Å². The Balaban J connectivity index is 2.26. The van der Waals surface area contributed by atoms with E-state index in [2.05, 4.69) is 0 Å². The molecule has 1 saturated heterocycles. The molecule has 0 radical (unpaired) electrons. The maximum Gasteiger partial charge on any atom is 0.323 e. The first-order valence-corrected chi connectivity index (χ1v) is 7.57. The third-order valence-corrected chi connectivity index (χ3v) is 4.13. The highest BCUT2D eigenvalue weighted by Crippen LogP contribution is 2.34. The van der Waals surface area contributed by atoms with Crippen molar-refractivity contribution < 1.29 is 24.5 Å². The molecule has 2 rings (SSSR count). The van der Waals surface area contributed by atoms with Gasteiger partial charge in [0.2, 0.25) is 0 Å². The SMILES string of the molecule is CCOc1cc(/C=C2\SC(=S)N(CC(=O)O)C2=O)ccc1O. The summed E-state index contributed by atoms with van der Waals surface area (Å²) in [5, 5.41) is 18.4. The number of ether oxygens (including phenoxy) is 1. The molecule has 0 bridgehead atoms. The summed E-state index contributed by atoms with van der Waals surface area (Å²) in [5.41, 5.74) is 0.650. The van der Waals surface area contributed by atoms with Crippen LogP contribution in [0, 0.1) is 0 Å². The predicted octanol–water partition coefficient (Wildman–Crippen LogP) is 2.08. The number of amides is 1. The van der Waals surface area contributed by atoms with Crippen LogP contribution in [0.25, 0.3) is 6.08 Å². The summed E-state index contributed by atoms with van der Waals surface area (Å²) in [5.74, 6) is -1.24. The van der Waals surface area contributed by atoms with Crippen LogP contribution < -0.4 is 4.74 Å². The lowest BCUT2D eigenvalue weighted by Crippen LogP contribution is -2.33. The van der Waals surface area contributed by atoms with Gasteiger partial charge in [0.1, 0.15) is 10.9 Å². The number of nitrogens with zero attached hydrogens (tertiary/aromatic N) is 1. The van der Waals surface area contributed by atoms with Gasteiger partial charge in [-0.15, -0.1) is 0 Å².